The molecule has 0 spiro atoms. The van der Waals surface area contributed by atoms with Crippen LogP contribution in [-0.4, -0.2) is 40.0 Å². The van der Waals surface area contributed by atoms with E-state index in [-0.39, 0.29) is 0 Å². The molecule has 0 radical (unpaired) electrons. The Morgan fingerprint density at radius 1 is 1.39 bits per heavy atom. The smallest absolute Gasteiger partial charge is 0.0755 e. The Hall–Kier alpha value is -1.00. The topological polar surface area (TPSA) is 41.1 Å². The molecule has 1 N–H and O–H groups in total. The number of aromatic nitrogens is 2. The minimum absolute atomic E-state index is 0.383. The third-order valence-corrected chi connectivity index (χ3v) is 4.12. The van der Waals surface area contributed by atoms with Crippen molar-refractivity contribution in [2.75, 3.05) is 13.1 Å². The molecule has 98 valence electrons. The maximum atomic E-state index is 4.46. The highest BCUT2D eigenvalue weighted by molar-refractivity contribution is 5.04. The molecule has 1 aliphatic carbocycles. The molecule has 1 saturated heterocycles. The van der Waals surface area contributed by atoms with E-state index in [0.717, 1.165) is 18.3 Å². The molecular weight excluding hydrogens is 224 g/mol. The van der Waals surface area contributed by atoms with Gasteiger partial charge in [-0.15, -0.1) is 0 Å². The van der Waals surface area contributed by atoms with E-state index in [1.165, 1.54) is 32.2 Å². The lowest BCUT2D eigenvalue weighted by atomic mass is 10.1. The molecule has 3 rings (SSSR count). The standard InChI is InChI=1S/C14H22N4/c1-11(14-9-15-7-8-17-14)18(13-4-5-13)10-12-3-2-6-16-12/h7-9,11-13,16H,2-6,10H2,1H3. The van der Waals surface area contributed by atoms with Crippen molar-refractivity contribution in [2.45, 2.75) is 50.7 Å². The maximum absolute atomic E-state index is 4.46. The van der Waals surface area contributed by atoms with Gasteiger partial charge in [-0.3, -0.25) is 14.9 Å². The van der Waals surface area contributed by atoms with Gasteiger partial charge >= 0.3 is 0 Å². The summed E-state index contributed by atoms with van der Waals surface area (Å²) in [6, 6.07) is 1.82. The molecule has 2 fully saturated rings. The predicted octanol–water partition coefficient (Wildman–Crippen LogP) is 1.75. The highest BCUT2D eigenvalue weighted by Crippen LogP contribution is 2.34. The van der Waals surface area contributed by atoms with Crippen LogP contribution < -0.4 is 5.32 Å². The monoisotopic (exact) mass is 246 g/mol. The summed E-state index contributed by atoms with van der Waals surface area (Å²) in [6.45, 7) is 4.60. The summed E-state index contributed by atoms with van der Waals surface area (Å²) in [6.07, 6.45) is 10.8. The predicted molar refractivity (Wildman–Crippen MR) is 71.2 cm³/mol. The number of hydrogen-bond acceptors (Lipinski definition) is 4. The quantitative estimate of drug-likeness (QED) is 0.859. The molecule has 2 unspecified atom stereocenters. The van der Waals surface area contributed by atoms with Gasteiger partial charge in [0.25, 0.3) is 0 Å². The van der Waals surface area contributed by atoms with E-state index in [2.05, 4.69) is 27.1 Å². The molecule has 1 aromatic heterocycles. The van der Waals surface area contributed by atoms with Crippen LogP contribution in [0, 0.1) is 0 Å². The van der Waals surface area contributed by atoms with E-state index in [1.54, 1.807) is 12.4 Å². The zero-order valence-electron chi connectivity index (χ0n) is 11.0. The molecule has 0 amide bonds. The van der Waals surface area contributed by atoms with Crippen LogP contribution in [0.1, 0.15) is 44.3 Å². The van der Waals surface area contributed by atoms with Gasteiger partial charge in [-0.2, -0.15) is 0 Å². The minimum atomic E-state index is 0.383. The zero-order chi connectivity index (χ0) is 12.4. The van der Waals surface area contributed by atoms with Gasteiger partial charge in [-0.05, 0) is 39.2 Å². The molecule has 4 nitrogen and oxygen atoms in total. The molecule has 0 bridgehead atoms. The summed E-state index contributed by atoms with van der Waals surface area (Å²) in [7, 11) is 0. The highest BCUT2D eigenvalue weighted by Gasteiger charge is 2.35. The van der Waals surface area contributed by atoms with E-state index >= 15 is 0 Å². The Morgan fingerprint density at radius 2 is 2.28 bits per heavy atom. The summed E-state index contributed by atoms with van der Waals surface area (Å²) in [5.41, 5.74) is 1.10. The maximum Gasteiger partial charge on any atom is 0.0755 e. The molecule has 1 aromatic rings. The van der Waals surface area contributed by atoms with Crippen LogP contribution in [0.3, 0.4) is 0 Å². The lowest BCUT2D eigenvalue weighted by Gasteiger charge is -2.31. The molecule has 2 heterocycles. The number of nitrogens with one attached hydrogen (secondary N) is 1. The van der Waals surface area contributed by atoms with E-state index in [1.807, 2.05) is 6.20 Å². The molecule has 1 saturated carbocycles. The molecule has 1 aliphatic heterocycles. The second kappa shape index (κ2) is 5.33. The summed E-state index contributed by atoms with van der Waals surface area (Å²) < 4.78 is 0. The van der Waals surface area contributed by atoms with E-state index in [0.29, 0.717) is 12.1 Å². The second-order valence-corrected chi connectivity index (χ2v) is 5.53. The Morgan fingerprint density at radius 3 is 2.89 bits per heavy atom. The van der Waals surface area contributed by atoms with E-state index in [9.17, 15) is 0 Å². The van der Waals surface area contributed by atoms with E-state index in [4.69, 9.17) is 0 Å². The fraction of sp³-hybridized carbons (Fsp3) is 0.714. The van der Waals surface area contributed by atoms with Gasteiger partial charge in [-0.1, -0.05) is 0 Å². The summed E-state index contributed by atoms with van der Waals surface area (Å²) in [5.74, 6) is 0. The first-order valence-corrected chi connectivity index (χ1v) is 7.09. The van der Waals surface area contributed by atoms with Crippen LogP contribution in [0.4, 0.5) is 0 Å². The van der Waals surface area contributed by atoms with Crippen molar-refractivity contribution in [1.82, 2.24) is 20.2 Å². The van der Waals surface area contributed by atoms with Crippen molar-refractivity contribution in [3.8, 4) is 0 Å². The van der Waals surface area contributed by atoms with Gasteiger partial charge < -0.3 is 5.32 Å². The van der Waals surface area contributed by atoms with Crippen LogP contribution in [-0.2, 0) is 0 Å². The molecule has 0 aromatic carbocycles. The van der Waals surface area contributed by atoms with Crippen LogP contribution in [0.2, 0.25) is 0 Å². The molecule has 2 atom stereocenters. The largest absolute Gasteiger partial charge is 0.313 e. The van der Waals surface area contributed by atoms with Gasteiger partial charge in [0.15, 0.2) is 0 Å². The molecule has 18 heavy (non-hydrogen) atoms. The first-order chi connectivity index (χ1) is 8.84. The first kappa shape index (κ1) is 12.1. The minimum Gasteiger partial charge on any atom is -0.313 e. The van der Waals surface area contributed by atoms with Crippen molar-refractivity contribution in [1.29, 1.82) is 0 Å². The molecule has 2 aliphatic rings. The molecular formula is C14H22N4. The SMILES string of the molecule is CC(c1cnccn1)N(CC1CCCN1)C1CC1. The Bertz CT molecular complexity index is 371. The lowest BCUT2D eigenvalue weighted by molar-refractivity contribution is 0.179. The van der Waals surface area contributed by atoms with Gasteiger partial charge in [0, 0.05) is 37.2 Å². The second-order valence-electron chi connectivity index (χ2n) is 5.53. The van der Waals surface area contributed by atoms with Crippen molar-refractivity contribution < 1.29 is 0 Å². The fourth-order valence-corrected chi connectivity index (χ4v) is 2.89. The van der Waals surface area contributed by atoms with E-state index < -0.39 is 0 Å². The van der Waals surface area contributed by atoms with Crippen LogP contribution >= 0.6 is 0 Å². The van der Waals surface area contributed by atoms with Gasteiger partial charge in [0.1, 0.15) is 0 Å². The van der Waals surface area contributed by atoms with Crippen LogP contribution in [0.15, 0.2) is 18.6 Å². The number of rotatable bonds is 5. The lowest BCUT2D eigenvalue weighted by Crippen LogP contribution is -2.40. The average molecular weight is 246 g/mol. The third-order valence-electron chi connectivity index (χ3n) is 4.12. The van der Waals surface area contributed by atoms with Crippen molar-refractivity contribution >= 4 is 0 Å². The summed E-state index contributed by atoms with van der Waals surface area (Å²) >= 11 is 0. The highest BCUT2D eigenvalue weighted by atomic mass is 15.2. The van der Waals surface area contributed by atoms with Gasteiger partial charge in [-0.25, -0.2) is 0 Å². The normalized spacial score (nSPS) is 25.6. The third kappa shape index (κ3) is 2.70. The average Bonchev–Trinajstić information content (AvgIpc) is 3.13. The summed E-state index contributed by atoms with van der Waals surface area (Å²) in [5, 5.41) is 3.60. The first-order valence-electron chi connectivity index (χ1n) is 7.09. The van der Waals surface area contributed by atoms with Gasteiger partial charge in [0.05, 0.1) is 11.7 Å². The van der Waals surface area contributed by atoms with Crippen molar-refractivity contribution in [2.24, 2.45) is 0 Å². The number of hydrogen-bond donors (Lipinski definition) is 1. The number of nitrogens with zero attached hydrogens (tertiary/aromatic N) is 3. The Labute approximate surface area is 109 Å². The van der Waals surface area contributed by atoms with Crippen LogP contribution in [0.5, 0.6) is 0 Å². The zero-order valence-corrected chi connectivity index (χ0v) is 11.0. The van der Waals surface area contributed by atoms with Gasteiger partial charge in [0.2, 0.25) is 0 Å². The van der Waals surface area contributed by atoms with Crippen LogP contribution in [0.25, 0.3) is 0 Å². The summed E-state index contributed by atoms with van der Waals surface area (Å²) in [4.78, 5) is 11.3. The fourth-order valence-electron chi connectivity index (χ4n) is 2.89. The molecule has 4 heteroatoms. The van der Waals surface area contributed by atoms with Crippen molar-refractivity contribution in [3.63, 3.8) is 0 Å². The Kier molecular flexibility index (Phi) is 3.57. The van der Waals surface area contributed by atoms with Crippen molar-refractivity contribution in [3.05, 3.63) is 24.3 Å². The Balaban J connectivity index is 1.68.